The molecule has 2 aromatic carbocycles. The van der Waals surface area contributed by atoms with Crippen molar-refractivity contribution in [1.29, 1.82) is 0 Å². The first kappa shape index (κ1) is 15.6. The number of para-hydroxylation sites is 1. The Balaban J connectivity index is 1.95. The van der Waals surface area contributed by atoms with Gasteiger partial charge in [0.2, 0.25) is 5.91 Å². The van der Waals surface area contributed by atoms with Crippen molar-refractivity contribution in [3.05, 3.63) is 48.3 Å². The summed E-state index contributed by atoms with van der Waals surface area (Å²) in [5.74, 6) is 0.340. The van der Waals surface area contributed by atoms with Gasteiger partial charge in [-0.1, -0.05) is 12.1 Å². The summed E-state index contributed by atoms with van der Waals surface area (Å²) in [6, 6.07) is 11.2. The maximum absolute atomic E-state index is 13.4. The largest absolute Gasteiger partial charge is 0.493 e. The minimum atomic E-state index is -0.470. The van der Waals surface area contributed by atoms with E-state index in [0.29, 0.717) is 17.2 Å². The number of carbonyl (C=O) groups is 1. The molecule has 1 amide bonds. The van der Waals surface area contributed by atoms with Crippen LogP contribution in [0.15, 0.2) is 42.5 Å². The highest BCUT2D eigenvalue weighted by molar-refractivity contribution is 5.93. The van der Waals surface area contributed by atoms with Crippen LogP contribution in [0.5, 0.6) is 11.5 Å². The van der Waals surface area contributed by atoms with E-state index in [-0.39, 0.29) is 18.1 Å². The normalized spacial score (nSPS) is 9.95. The van der Waals surface area contributed by atoms with Gasteiger partial charge in [0.05, 0.1) is 26.5 Å². The zero-order valence-corrected chi connectivity index (χ0v) is 12.4. The molecule has 0 aliphatic rings. The van der Waals surface area contributed by atoms with Crippen molar-refractivity contribution in [2.45, 2.75) is 0 Å². The highest BCUT2D eigenvalue weighted by atomic mass is 19.1. The Hall–Kier alpha value is -2.76. The molecule has 6 heteroatoms. The molecular weight excluding hydrogens is 287 g/mol. The van der Waals surface area contributed by atoms with Gasteiger partial charge in [-0.3, -0.25) is 4.79 Å². The number of benzene rings is 2. The molecule has 0 fully saturated rings. The zero-order valence-electron chi connectivity index (χ0n) is 12.4. The molecular formula is C16H17FN2O3. The lowest BCUT2D eigenvalue weighted by molar-refractivity contribution is -0.114. The van der Waals surface area contributed by atoms with Gasteiger partial charge >= 0.3 is 0 Å². The van der Waals surface area contributed by atoms with Crippen LogP contribution >= 0.6 is 0 Å². The van der Waals surface area contributed by atoms with Crippen LogP contribution in [0.4, 0.5) is 15.8 Å². The van der Waals surface area contributed by atoms with Crippen LogP contribution in [0, 0.1) is 5.82 Å². The molecule has 116 valence electrons. The topological polar surface area (TPSA) is 59.6 Å². The average Bonchev–Trinajstić information content (AvgIpc) is 2.54. The molecule has 0 bridgehead atoms. The maximum Gasteiger partial charge on any atom is 0.243 e. The van der Waals surface area contributed by atoms with Crippen LogP contribution in [0.2, 0.25) is 0 Å². The Morgan fingerprint density at radius 1 is 1.09 bits per heavy atom. The molecule has 0 saturated heterocycles. The summed E-state index contributed by atoms with van der Waals surface area (Å²) >= 11 is 0. The molecule has 0 saturated carbocycles. The number of rotatable bonds is 6. The molecule has 5 nitrogen and oxygen atoms in total. The van der Waals surface area contributed by atoms with Crippen molar-refractivity contribution in [3.63, 3.8) is 0 Å². The van der Waals surface area contributed by atoms with Crippen LogP contribution in [0.3, 0.4) is 0 Å². The van der Waals surface area contributed by atoms with Gasteiger partial charge in [-0.2, -0.15) is 0 Å². The quantitative estimate of drug-likeness (QED) is 0.861. The highest BCUT2D eigenvalue weighted by Crippen LogP contribution is 2.29. The fraction of sp³-hybridized carbons (Fsp3) is 0.188. The summed E-state index contributed by atoms with van der Waals surface area (Å²) < 4.78 is 23.7. The minimum absolute atomic E-state index is 0.00379. The third kappa shape index (κ3) is 3.88. The van der Waals surface area contributed by atoms with Crippen molar-refractivity contribution in [1.82, 2.24) is 0 Å². The smallest absolute Gasteiger partial charge is 0.243 e. The first-order valence-corrected chi connectivity index (χ1v) is 6.64. The number of amides is 1. The molecule has 0 atom stereocenters. The van der Waals surface area contributed by atoms with E-state index in [9.17, 15) is 9.18 Å². The summed E-state index contributed by atoms with van der Waals surface area (Å²) in [4.78, 5) is 11.8. The van der Waals surface area contributed by atoms with Gasteiger partial charge in [0.25, 0.3) is 0 Å². The van der Waals surface area contributed by atoms with E-state index in [2.05, 4.69) is 10.6 Å². The van der Waals surface area contributed by atoms with E-state index in [1.165, 1.54) is 19.2 Å². The first-order valence-electron chi connectivity index (χ1n) is 6.64. The maximum atomic E-state index is 13.4. The average molecular weight is 304 g/mol. The zero-order chi connectivity index (χ0) is 15.9. The fourth-order valence-corrected chi connectivity index (χ4v) is 1.89. The van der Waals surface area contributed by atoms with Crippen LogP contribution in [0.25, 0.3) is 0 Å². The van der Waals surface area contributed by atoms with Gasteiger partial charge < -0.3 is 20.1 Å². The standard InChI is InChI=1S/C16H17FN2O3/c1-21-14-8-7-11(9-15(14)22-2)18-10-16(20)19-13-6-4-3-5-12(13)17/h3-9,18H,10H2,1-2H3,(H,19,20). The van der Waals surface area contributed by atoms with Crippen LogP contribution in [0.1, 0.15) is 0 Å². The van der Waals surface area contributed by atoms with Crippen LogP contribution in [-0.4, -0.2) is 26.7 Å². The van der Waals surface area contributed by atoms with Crippen LogP contribution in [-0.2, 0) is 4.79 Å². The van der Waals surface area contributed by atoms with Gasteiger partial charge in [-0.05, 0) is 24.3 Å². The predicted octanol–water partition coefficient (Wildman–Crippen LogP) is 2.89. The molecule has 2 rings (SSSR count). The van der Waals surface area contributed by atoms with E-state index < -0.39 is 5.82 Å². The van der Waals surface area contributed by atoms with Crippen LogP contribution < -0.4 is 20.1 Å². The number of ether oxygens (including phenoxy) is 2. The molecule has 2 aromatic rings. The molecule has 0 unspecified atom stereocenters. The molecule has 0 aliphatic carbocycles. The van der Waals surface area contributed by atoms with E-state index >= 15 is 0 Å². The minimum Gasteiger partial charge on any atom is -0.493 e. The number of carbonyl (C=O) groups excluding carboxylic acids is 1. The van der Waals surface area contributed by atoms with Gasteiger partial charge in [-0.15, -0.1) is 0 Å². The number of halogens is 1. The Labute approximate surface area is 128 Å². The molecule has 2 N–H and O–H groups in total. The molecule has 0 heterocycles. The lowest BCUT2D eigenvalue weighted by Crippen LogP contribution is -2.22. The van der Waals surface area contributed by atoms with Gasteiger partial charge in [0.15, 0.2) is 11.5 Å². The Bertz CT molecular complexity index is 662. The summed E-state index contributed by atoms with van der Waals surface area (Å²) in [5, 5.41) is 5.44. The summed E-state index contributed by atoms with van der Waals surface area (Å²) in [7, 11) is 3.08. The van der Waals surface area contributed by atoms with E-state index in [4.69, 9.17) is 9.47 Å². The number of hydrogen-bond donors (Lipinski definition) is 2. The van der Waals surface area contributed by atoms with Crippen molar-refractivity contribution in [2.24, 2.45) is 0 Å². The molecule has 0 aromatic heterocycles. The van der Waals surface area contributed by atoms with E-state index in [0.717, 1.165) is 0 Å². The highest BCUT2D eigenvalue weighted by Gasteiger charge is 2.08. The molecule has 0 aliphatic heterocycles. The number of methoxy groups -OCH3 is 2. The van der Waals surface area contributed by atoms with Crippen molar-refractivity contribution < 1.29 is 18.7 Å². The number of hydrogen-bond acceptors (Lipinski definition) is 4. The molecule has 0 spiro atoms. The lowest BCUT2D eigenvalue weighted by atomic mass is 10.2. The van der Waals surface area contributed by atoms with Gasteiger partial charge in [0.1, 0.15) is 5.82 Å². The summed E-state index contributed by atoms with van der Waals surface area (Å²) in [6.45, 7) is 0.00379. The third-order valence-electron chi connectivity index (χ3n) is 2.98. The Kier molecular flexibility index (Phi) is 5.19. The number of nitrogens with one attached hydrogen (secondary N) is 2. The molecule has 22 heavy (non-hydrogen) atoms. The van der Waals surface area contributed by atoms with Crippen molar-refractivity contribution in [2.75, 3.05) is 31.4 Å². The van der Waals surface area contributed by atoms with E-state index in [1.54, 1.807) is 37.4 Å². The van der Waals surface area contributed by atoms with Crippen molar-refractivity contribution >= 4 is 17.3 Å². The predicted molar refractivity (Wildman–Crippen MR) is 83.1 cm³/mol. The Morgan fingerprint density at radius 2 is 1.82 bits per heavy atom. The second-order valence-electron chi connectivity index (χ2n) is 4.45. The SMILES string of the molecule is COc1ccc(NCC(=O)Nc2ccccc2F)cc1OC. The number of anilines is 2. The second kappa shape index (κ2) is 7.31. The van der Waals surface area contributed by atoms with E-state index in [1.807, 2.05) is 0 Å². The van der Waals surface area contributed by atoms with Gasteiger partial charge in [0, 0.05) is 11.8 Å². The Morgan fingerprint density at radius 3 is 2.50 bits per heavy atom. The van der Waals surface area contributed by atoms with Crippen molar-refractivity contribution in [3.8, 4) is 11.5 Å². The molecule has 0 radical (unpaired) electrons. The third-order valence-corrected chi connectivity index (χ3v) is 2.98. The summed E-state index contributed by atoms with van der Waals surface area (Å²) in [6.07, 6.45) is 0. The summed E-state index contributed by atoms with van der Waals surface area (Å²) in [5.41, 5.74) is 0.850. The lowest BCUT2D eigenvalue weighted by Gasteiger charge is -2.11. The van der Waals surface area contributed by atoms with Gasteiger partial charge in [-0.25, -0.2) is 4.39 Å². The first-order chi connectivity index (χ1) is 10.6. The second-order valence-corrected chi connectivity index (χ2v) is 4.45. The fourth-order valence-electron chi connectivity index (χ4n) is 1.89. The monoisotopic (exact) mass is 304 g/mol.